The topological polar surface area (TPSA) is 80.2 Å². The summed E-state index contributed by atoms with van der Waals surface area (Å²) in [6.07, 6.45) is 2.79. The molecule has 3 heterocycles. The van der Waals surface area contributed by atoms with Gasteiger partial charge in [-0.2, -0.15) is 15.6 Å². The summed E-state index contributed by atoms with van der Waals surface area (Å²) in [5.41, 5.74) is 2.58. The minimum absolute atomic E-state index is 0.307. The largest absolute Gasteiger partial charge is 0.368 e. The van der Waals surface area contributed by atoms with Crippen LogP contribution in [0, 0.1) is 28.6 Å². The van der Waals surface area contributed by atoms with Crippen LogP contribution in [0.5, 0.6) is 0 Å². The van der Waals surface area contributed by atoms with Crippen molar-refractivity contribution in [1.29, 1.82) is 10.5 Å². The molecule has 112 valence electrons. The highest BCUT2D eigenvalue weighted by atomic mass is 15.3. The monoisotopic (exact) mass is 294 g/mol. The first-order valence-corrected chi connectivity index (χ1v) is 7.45. The van der Waals surface area contributed by atoms with E-state index in [-0.39, 0.29) is 0 Å². The molecule has 1 saturated heterocycles. The lowest BCUT2D eigenvalue weighted by atomic mass is 9.95. The Morgan fingerprint density at radius 1 is 1.32 bits per heavy atom. The molecular formula is C16H18N6. The summed E-state index contributed by atoms with van der Waals surface area (Å²) in [7, 11) is 0. The van der Waals surface area contributed by atoms with E-state index in [1.54, 1.807) is 10.7 Å². The Bertz CT molecular complexity index is 750. The van der Waals surface area contributed by atoms with Gasteiger partial charge in [0.15, 0.2) is 0 Å². The van der Waals surface area contributed by atoms with Gasteiger partial charge in [0.05, 0.1) is 30.0 Å². The molecule has 22 heavy (non-hydrogen) atoms. The van der Waals surface area contributed by atoms with Crippen LogP contribution in [-0.2, 0) is 0 Å². The average molecular weight is 294 g/mol. The number of aromatic nitrogens is 2. The van der Waals surface area contributed by atoms with Crippen molar-refractivity contribution in [3.8, 4) is 12.1 Å². The van der Waals surface area contributed by atoms with Crippen molar-refractivity contribution in [2.24, 2.45) is 5.92 Å². The van der Waals surface area contributed by atoms with Gasteiger partial charge in [-0.1, -0.05) is 6.92 Å². The second-order valence-corrected chi connectivity index (χ2v) is 5.83. The van der Waals surface area contributed by atoms with E-state index in [0.29, 0.717) is 24.2 Å². The number of pyridine rings is 1. The number of hydrogen-bond donors (Lipinski definition) is 1. The second kappa shape index (κ2) is 6.05. The van der Waals surface area contributed by atoms with Crippen molar-refractivity contribution in [3.63, 3.8) is 0 Å². The van der Waals surface area contributed by atoms with Crippen molar-refractivity contribution in [3.05, 3.63) is 30.1 Å². The van der Waals surface area contributed by atoms with Crippen molar-refractivity contribution in [2.45, 2.75) is 19.4 Å². The normalized spacial score (nSPS) is 21.5. The maximum atomic E-state index is 9.17. The number of nitrogens with one attached hydrogen (secondary N) is 1. The Labute approximate surface area is 129 Å². The predicted octanol–water partition coefficient (Wildman–Crippen LogP) is 1.53. The molecule has 1 aliphatic rings. The van der Waals surface area contributed by atoms with Gasteiger partial charge in [-0.25, -0.2) is 4.52 Å². The van der Waals surface area contributed by atoms with Crippen LogP contribution in [0.3, 0.4) is 0 Å². The third-order valence-electron chi connectivity index (χ3n) is 4.12. The number of rotatable bonds is 3. The van der Waals surface area contributed by atoms with E-state index in [0.717, 1.165) is 30.7 Å². The van der Waals surface area contributed by atoms with Crippen LogP contribution in [0.1, 0.15) is 19.0 Å². The molecule has 1 N–H and O–H groups in total. The molecule has 0 saturated carbocycles. The maximum Gasteiger partial charge on any atom is 0.142 e. The Morgan fingerprint density at radius 2 is 2.18 bits per heavy atom. The molecule has 2 aromatic heterocycles. The number of nitrogens with zero attached hydrogens (tertiary/aromatic N) is 5. The third kappa shape index (κ3) is 2.61. The zero-order chi connectivity index (χ0) is 15.5. The Morgan fingerprint density at radius 3 is 2.95 bits per heavy atom. The van der Waals surface area contributed by atoms with Gasteiger partial charge in [-0.15, -0.1) is 0 Å². The summed E-state index contributed by atoms with van der Waals surface area (Å²) in [4.78, 5) is 2.32. The predicted molar refractivity (Wildman–Crippen MR) is 83.3 cm³/mol. The zero-order valence-corrected chi connectivity index (χ0v) is 12.5. The molecule has 0 unspecified atom stereocenters. The van der Waals surface area contributed by atoms with Crippen LogP contribution in [0.4, 0.5) is 5.69 Å². The average Bonchev–Trinajstić information content (AvgIpc) is 3.01. The molecule has 0 aromatic carbocycles. The first-order valence-electron chi connectivity index (χ1n) is 7.45. The molecule has 1 aliphatic heterocycles. The van der Waals surface area contributed by atoms with E-state index in [2.05, 4.69) is 34.4 Å². The van der Waals surface area contributed by atoms with Gasteiger partial charge < -0.3 is 4.90 Å². The van der Waals surface area contributed by atoms with Crippen molar-refractivity contribution in [2.75, 3.05) is 24.5 Å². The Hall–Kier alpha value is -2.57. The molecule has 0 amide bonds. The van der Waals surface area contributed by atoms with Crippen LogP contribution >= 0.6 is 0 Å². The highest BCUT2D eigenvalue weighted by Gasteiger charge is 2.26. The van der Waals surface area contributed by atoms with Crippen molar-refractivity contribution < 1.29 is 0 Å². The quantitative estimate of drug-likeness (QED) is 0.868. The summed E-state index contributed by atoms with van der Waals surface area (Å²) in [6, 6.07) is 10.4. The SMILES string of the molecule is C[C@H]1C[C@@H](NCC#N)CN(c2ccc(C#N)n3nccc23)C1. The second-order valence-electron chi connectivity index (χ2n) is 5.83. The fraction of sp³-hybridized carbons (Fsp3) is 0.438. The summed E-state index contributed by atoms with van der Waals surface area (Å²) in [5.74, 6) is 0.545. The van der Waals surface area contributed by atoms with Crippen LogP contribution < -0.4 is 10.2 Å². The number of hydrogen-bond acceptors (Lipinski definition) is 5. The number of anilines is 1. The van der Waals surface area contributed by atoms with E-state index in [9.17, 15) is 5.26 Å². The van der Waals surface area contributed by atoms with E-state index >= 15 is 0 Å². The van der Waals surface area contributed by atoms with Gasteiger partial charge in [-0.05, 0) is 30.5 Å². The van der Waals surface area contributed by atoms with Crippen LogP contribution in [0.15, 0.2) is 24.4 Å². The lowest BCUT2D eigenvalue weighted by Gasteiger charge is -2.38. The highest BCUT2D eigenvalue weighted by Crippen LogP contribution is 2.27. The maximum absolute atomic E-state index is 9.17. The molecule has 0 radical (unpaired) electrons. The summed E-state index contributed by atoms with van der Waals surface area (Å²) >= 11 is 0. The molecule has 2 aromatic rings. The number of nitriles is 2. The third-order valence-corrected chi connectivity index (χ3v) is 4.12. The minimum atomic E-state index is 0.307. The molecule has 6 heteroatoms. The van der Waals surface area contributed by atoms with Gasteiger partial charge in [0.25, 0.3) is 0 Å². The van der Waals surface area contributed by atoms with E-state index in [1.165, 1.54) is 0 Å². The van der Waals surface area contributed by atoms with Gasteiger partial charge in [0.1, 0.15) is 11.8 Å². The van der Waals surface area contributed by atoms with Gasteiger partial charge >= 0.3 is 0 Å². The fourth-order valence-electron chi connectivity index (χ4n) is 3.24. The van der Waals surface area contributed by atoms with Crippen LogP contribution in [-0.4, -0.2) is 35.3 Å². The molecule has 6 nitrogen and oxygen atoms in total. The fourth-order valence-corrected chi connectivity index (χ4v) is 3.24. The summed E-state index contributed by atoms with van der Waals surface area (Å²) in [5, 5.41) is 25.4. The molecule has 2 atom stereocenters. The molecule has 0 bridgehead atoms. The van der Waals surface area contributed by atoms with Crippen molar-refractivity contribution >= 4 is 11.2 Å². The van der Waals surface area contributed by atoms with Crippen LogP contribution in [0.25, 0.3) is 5.52 Å². The van der Waals surface area contributed by atoms with Gasteiger partial charge in [-0.3, -0.25) is 5.32 Å². The standard InChI is InChI=1S/C16H18N6/c1-12-8-13(19-7-5-17)11-21(10-12)15-3-2-14(9-18)22-16(15)4-6-20-22/h2-4,6,12-13,19H,7-8,10-11H2,1H3/t12-,13+/m0/s1. The smallest absolute Gasteiger partial charge is 0.142 e. The van der Waals surface area contributed by atoms with Gasteiger partial charge in [0, 0.05) is 19.1 Å². The first-order chi connectivity index (χ1) is 10.7. The molecular weight excluding hydrogens is 276 g/mol. The van der Waals surface area contributed by atoms with Gasteiger partial charge in [0.2, 0.25) is 0 Å². The lowest BCUT2D eigenvalue weighted by Crippen LogP contribution is -2.49. The molecule has 3 rings (SSSR count). The molecule has 0 spiro atoms. The van der Waals surface area contributed by atoms with Crippen LogP contribution in [0.2, 0.25) is 0 Å². The van der Waals surface area contributed by atoms with E-state index in [1.807, 2.05) is 18.2 Å². The number of fused-ring (bicyclic) bond motifs is 1. The van der Waals surface area contributed by atoms with E-state index in [4.69, 9.17) is 5.26 Å². The summed E-state index contributed by atoms with van der Waals surface area (Å²) < 4.78 is 1.69. The molecule has 1 fully saturated rings. The highest BCUT2D eigenvalue weighted by molar-refractivity contribution is 5.74. The zero-order valence-electron chi connectivity index (χ0n) is 12.5. The Kier molecular flexibility index (Phi) is 3.95. The molecule has 0 aliphatic carbocycles. The Balaban J connectivity index is 1.92. The first kappa shape index (κ1) is 14.4. The lowest BCUT2D eigenvalue weighted by molar-refractivity contribution is 0.360. The number of piperidine rings is 1. The minimum Gasteiger partial charge on any atom is -0.368 e. The van der Waals surface area contributed by atoms with E-state index < -0.39 is 0 Å². The summed E-state index contributed by atoms with van der Waals surface area (Å²) in [6.45, 7) is 4.43. The van der Waals surface area contributed by atoms with Crippen molar-refractivity contribution in [1.82, 2.24) is 14.9 Å².